The summed E-state index contributed by atoms with van der Waals surface area (Å²) in [5.74, 6) is 0.833. The molecule has 2 heterocycles. The summed E-state index contributed by atoms with van der Waals surface area (Å²) in [5, 5.41) is 0. The van der Waals surface area contributed by atoms with Crippen molar-refractivity contribution in [3.8, 4) is 16.9 Å². The molecule has 3 N–H and O–H groups in total. The Morgan fingerprint density at radius 3 is 2.89 bits per heavy atom. The summed E-state index contributed by atoms with van der Waals surface area (Å²) in [4.78, 5) is 4.12. The zero-order chi connectivity index (χ0) is 12.2. The molecule has 0 amide bonds. The lowest BCUT2D eigenvalue weighted by atomic mass is 10.1. The Labute approximate surface area is 105 Å². The van der Waals surface area contributed by atoms with Gasteiger partial charge in [-0.2, -0.15) is 5.53 Å². The maximum atomic E-state index is 5.78. The third-order valence-electron chi connectivity index (χ3n) is 2.72. The minimum Gasteiger partial charge on any atom is -0.473 e. The number of pyridine rings is 1. The molecule has 2 aromatic rings. The highest BCUT2D eigenvalue weighted by Crippen LogP contribution is 2.23. The number of hydrogen-bond acceptors (Lipinski definition) is 5. The van der Waals surface area contributed by atoms with Crippen molar-refractivity contribution in [1.82, 2.24) is 21.4 Å². The van der Waals surface area contributed by atoms with Crippen LogP contribution in [-0.4, -0.2) is 17.8 Å². The van der Waals surface area contributed by atoms with Crippen LogP contribution < -0.4 is 21.1 Å². The zero-order valence-corrected chi connectivity index (χ0v) is 9.76. The van der Waals surface area contributed by atoms with E-state index in [4.69, 9.17) is 4.74 Å². The van der Waals surface area contributed by atoms with E-state index in [1.54, 1.807) is 6.20 Å². The first-order valence-corrected chi connectivity index (χ1v) is 5.82. The van der Waals surface area contributed by atoms with Crippen LogP contribution in [0.3, 0.4) is 0 Å². The predicted molar refractivity (Wildman–Crippen MR) is 68.4 cm³/mol. The molecule has 1 saturated heterocycles. The molecule has 1 atom stereocenters. The molecule has 1 aromatic heterocycles. The van der Waals surface area contributed by atoms with Gasteiger partial charge in [0.05, 0.1) is 6.54 Å². The van der Waals surface area contributed by atoms with Gasteiger partial charge in [0.1, 0.15) is 5.75 Å². The molecule has 0 saturated carbocycles. The molecule has 5 heteroatoms. The van der Waals surface area contributed by atoms with E-state index < -0.39 is 0 Å². The van der Waals surface area contributed by atoms with Gasteiger partial charge in [0.25, 0.3) is 0 Å². The van der Waals surface area contributed by atoms with E-state index in [1.165, 1.54) is 0 Å². The fourth-order valence-electron chi connectivity index (χ4n) is 1.84. The van der Waals surface area contributed by atoms with E-state index in [-0.39, 0.29) is 6.23 Å². The van der Waals surface area contributed by atoms with Crippen LogP contribution in [0.4, 0.5) is 0 Å². The summed E-state index contributed by atoms with van der Waals surface area (Å²) in [6.45, 7) is 0.719. The smallest absolute Gasteiger partial charge is 0.177 e. The first-order valence-electron chi connectivity index (χ1n) is 5.82. The van der Waals surface area contributed by atoms with Gasteiger partial charge in [0.15, 0.2) is 6.23 Å². The second-order valence-electron chi connectivity index (χ2n) is 4.03. The molecule has 0 bridgehead atoms. The summed E-state index contributed by atoms with van der Waals surface area (Å²) in [6, 6.07) is 11.9. The summed E-state index contributed by atoms with van der Waals surface area (Å²) in [6.07, 6.45) is 3.55. The molecule has 1 fully saturated rings. The average Bonchev–Trinajstić information content (AvgIpc) is 2.93. The molecular weight excluding hydrogens is 228 g/mol. The first kappa shape index (κ1) is 11.2. The van der Waals surface area contributed by atoms with Gasteiger partial charge >= 0.3 is 0 Å². The Bertz CT molecular complexity index is 511. The van der Waals surface area contributed by atoms with Gasteiger partial charge in [-0.1, -0.05) is 18.2 Å². The van der Waals surface area contributed by atoms with Crippen LogP contribution in [-0.2, 0) is 0 Å². The third-order valence-corrected chi connectivity index (χ3v) is 2.72. The summed E-state index contributed by atoms with van der Waals surface area (Å²) >= 11 is 0. The van der Waals surface area contributed by atoms with E-state index in [1.807, 2.05) is 42.6 Å². The standard InChI is InChI=1S/C13H14N4O/c1-3-10(11-4-2-6-14-8-11)7-12(5-1)18-13-9-15-17-16-13/h1-8,13,15-17H,9H2. The van der Waals surface area contributed by atoms with Gasteiger partial charge in [0, 0.05) is 18.0 Å². The molecule has 1 aliphatic heterocycles. The number of nitrogens with zero attached hydrogens (tertiary/aromatic N) is 1. The van der Waals surface area contributed by atoms with Gasteiger partial charge in [-0.05, 0) is 23.8 Å². The van der Waals surface area contributed by atoms with Crippen molar-refractivity contribution in [1.29, 1.82) is 0 Å². The lowest BCUT2D eigenvalue weighted by Gasteiger charge is -2.12. The molecule has 18 heavy (non-hydrogen) atoms. The Hall–Kier alpha value is -1.95. The van der Waals surface area contributed by atoms with Crippen molar-refractivity contribution < 1.29 is 4.74 Å². The quantitative estimate of drug-likeness (QED) is 0.751. The van der Waals surface area contributed by atoms with Crippen LogP contribution in [0.15, 0.2) is 48.8 Å². The topological polar surface area (TPSA) is 58.2 Å². The van der Waals surface area contributed by atoms with E-state index in [0.717, 1.165) is 23.4 Å². The van der Waals surface area contributed by atoms with E-state index in [0.29, 0.717) is 0 Å². The van der Waals surface area contributed by atoms with Crippen molar-refractivity contribution in [2.24, 2.45) is 0 Å². The Morgan fingerprint density at radius 2 is 2.11 bits per heavy atom. The van der Waals surface area contributed by atoms with Crippen molar-refractivity contribution in [3.63, 3.8) is 0 Å². The van der Waals surface area contributed by atoms with Gasteiger partial charge in [-0.25, -0.2) is 10.9 Å². The number of aromatic nitrogens is 1. The van der Waals surface area contributed by atoms with Crippen molar-refractivity contribution in [2.45, 2.75) is 6.23 Å². The van der Waals surface area contributed by atoms with Gasteiger partial charge in [-0.15, -0.1) is 0 Å². The van der Waals surface area contributed by atoms with Gasteiger partial charge in [-0.3, -0.25) is 4.98 Å². The van der Waals surface area contributed by atoms with Crippen LogP contribution in [0, 0.1) is 0 Å². The highest BCUT2D eigenvalue weighted by atomic mass is 16.5. The molecule has 3 rings (SSSR count). The molecule has 1 aromatic carbocycles. The molecule has 5 nitrogen and oxygen atoms in total. The van der Waals surface area contributed by atoms with E-state index in [2.05, 4.69) is 21.4 Å². The fourth-order valence-corrected chi connectivity index (χ4v) is 1.84. The minimum absolute atomic E-state index is 0.0610. The largest absolute Gasteiger partial charge is 0.473 e. The first-order chi connectivity index (χ1) is 8.92. The molecule has 1 aliphatic rings. The third kappa shape index (κ3) is 2.48. The number of nitrogens with one attached hydrogen (secondary N) is 3. The monoisotopic (exact) mass is 242 g/mol. The summed E-state index contributed by atoms with van der Waals surface area (Å²) in [7, 11) is 0. The highest BCUT2D eigenvalue weighted by molar-refractivity contribution is 5.63. The van der Waals surface area contributed by atoms with Crippen molar-refractivity contribution in [2.75, 3.05) is 6.54 Å². The fraction of sp³-hybridized carbons (Fsp3) is 0.154. The second-order valence-corrected chi connectivity index (χ2v) is 4.03. The van der Waals surface area contributed by atoms with E-state index in [9.17, 15) is 0 Å². The van der Waals surface area contributed by atoms with Crippen molar-refractivity contribution in [3.05, 3.63) is 48.8 Å². The maximum absolute atomic E-state index is 5.78. The Kier molecular flexibility index (Phi) is 3.18. The molecular formula is C13H14N4O. The molecule has 1 unspecified atom stereocenters. The van der Waals surface area contributed by atoms with E-state index >= 15 is 0 Å². The Morgan fingerprint density at radius 1 is 1.17 bits per heavy atom. The van der Waals surface area contributed by atoms with Crippen LogP contribution in [0.1, 0.15) is 0 Å². The van der Waals surface area contributed by atoms with Crippen LogP contribution >= 0.6 is 0 Å². The van der Waals surface area contributed by atoms with Crippen molar-refractivity contribution >= 4 is 0 Å². The molecule has 0 spiro atoms. The van der Waals surface area contributed by atoms with Gasteiger partial charge in [0.2, 0.25) is 0 Å². The van der Waals surface area contributed by atoms with Gasteiger partial charge < -0.3 is 4.74 Å². The summed E-state index contributed by atoms with van der Waals surface area (Å²) in [5.41, 5.74) is 10.9. The van der Waals surface area contributed by atoms with Crippen LogP contribution in [0.2, 0.25) is 0 Å². The normalized spacial score (nSPS) is 18.8. The molecule has 0 radical (unpaired) electrons. The van der Waals surface area contributed by atoms with Crippen LogP contribution in [0.25, 0.3) is 11.1 Å². The molecule has 0 aliphatic carbocycles. The highest BCUT2D eigenvalue weighted by Gasteiger charge is 2.14. The lowest BCUT2D eigenvalue weighted by Crippen LogP contribution is -2.36. The Balaban J connectivity index is 1.80. The number of hydrogen-bond donors (Lipinski definition) is 3. The second kappa shape index (κ2) is 5.14. The average molecular weight is 242 g/mol. The summed E-state index contributed by atoms with van der Waals surface area (Å²) < 4.78 is 5.78. The van der Waals surface area contributed by atoms with Crippen LogP contribution in [0.5, 0.6) is 5.75 Å². The zero-order valence-electron chi connectivity index (χ0n) is 9.76. The lowest BCUT2D eigenvalue weighted by molar-refractivity contribution is 0.191. The number of benzene rings is 1. The molecule has 92 valence electrons. The number of ether oxygens (including phenoxy) is 1. The number of hydrazine groups is 2. The number of rotatable bonds is 3. The SMILES string of the molecule is c1cncc(-c2cccc(OC3CNNN3)c2)c1. The minimum atomic E-state index is -0.0610. The predicted octanol–water partition coefficient (Wildman–Crippen LogP) is 1.07. The maximum Gasteiger partial charge on any atom is 0.177 e.